The Morgan fingerprint density at radius 3 is 2.59 bits per heavy atom. The van der Waals surface area contributed by atoms with Gasteiger partial charge in [0.05, 0.1) is 5.69 Å². The topological polar surface area (TPSA) is 29.0 Å². The molecular formula is C18H20FN3. The molecule has 2 aromatic rings. The second kappa shape index (κ2) is 5.76. The predicted octanol–water partition coefficient (Wildman–Crippen LogP) is 3.09. The fourth-order valence-corrected chi connectivity index (χ4v) is 3.28. The zero-order valence-corrected chi connectivity index (χ0v) is 12.6. The molecule has 1 saturated carbocycles. The van der Waals surface area contributed by atoms with Gasteiger partial charge < -0.3 is 4.90 Å². The van der Waals surface area contributed by atoms with E-state index in [1.807, 2.05) is 12.1 Å². The van der Waals surface area contributed by atoms with Crippen LogP contribution in [0.5, 0.6) is 0 Å². The molecule has 0 bridgehead atoms. The molecular weight excluding hydrogens is 277 g/mol. The van der Waals surface area contributed by atoms with Crippen LogP contribution < -0.4 is 0 Å². The van der Waals surface area contributed by atoms with Crippen LogP contribution in [0.4, 0.5) is 4.39 Å². The van der Waals surface area contributed by atoms with Crippen LogP contribution >= 0.6 is 0 Å². The third-order valence-electron chi connectivity index (χ3n) is 4.71. The highest BCUT2D eigenvalue weighted by Gasteiger charge is 2.26. The molecule has 1 aliphatic carbocycles. The van der Waals surface area contributed by atoms with E-state index in [4.69, 9.17) is 0 Å². The second-order valence-corrected chi connectivity index (χ2v) is 6.40. The molecule has 114 valence electrons. The zero-order chi connectivity index (χ0) is 14.9. The van der Waals surface area contributed by atoms with Gasteiger partial charge in [-0.2, -0.15) is 0 Å². The molecule has 0 saturated heterocycles. The van der Waals surface area contributed by atoms with Crippen LogP contribution in [0.1, 0.15) is 24.1 Å². The molecule has 2 heterocycles. The lowest BCUT2D eigenvalue weighted by Crippen LogP contribution is -2.28. The van der Waals surface area contributed by atoms with Gasteiger partial charge in [-0.25, -0.2) is 14.4 Å². The van der Waals surface area contributed by atoms with Crippen molar-refractivity contribution in [1.29, 1.82) is 0 Å². The van der Waals surface area contributed by atoms with Crippen LogP contribution in [0.2, 0.25) is 0 Å². The highest BCUT2D eigenvalue weighted by atomic mass is 19.1. The summed E-state index contributed by atoms with van der Waals surface area (Å²) in [5.74, 6) is 0.711. The van der Waals surface area contributed by atoms with Gasteiger partial charge >= 0.3 is 0 Å². The number of benzene rings is 1. The average molecular weight is 297 g/mol. The molecule has 1 aromatic carbocycles. The molecule has 0 spiro atoms. The fourth-order valence-electron chi connectivity index (χ4n) is 3.28. The van der Waals surface area contributed by atoms with Crippen LogP contribution in [-0.2, 0) is 12.8 Å². The minimum atomic E-state index is -0.209. The summed E-state index contributed by atoms with van der Waals surface area (Å²) < 4.78 is 13.1. The summed E-state index contributed by atoms with van der Waals surface area (Å²) in [5, 5.41) is 0. The molecule has 0 atom stereocenters. The lowest BCUT2D eigenvalue weighted by Gasteiger charge is -2.18. The maximum atomic E-state index is 13.1. The van der Waals surface area contributed by atoms with Gasteiger partial charge in [-0.05, 0) is 49.4 Å². The van der Waals surface area contributed by atoms with Crippen molar-refractivity contribution in [1.82, 2.24) is 14.9 Å². The van der Waals surface area contributed by atoms with E-state index < -0.39 is 0 Å². The molecule has 0 N–H and O–H groups in total. The van der Waals surface area contributed by atoms with E-state index in [-0.39, 0.29) is 5.82 Å². The number of hydrogen-bond donors (Lipinski definition) is 0. The lowest BCUT2D eigenvalue weighted by atomic mass is 10.0. The minimum absolute atomic E-state index is 0.209. The van der Waals surface area contributed by atoms with Crippen molar-refractivity contribution in [2.75, 3.05) is 19.6 Å². The van der Waals surface area contributed by atoms with Gasteiger partial charge in [-0.15, -0.1) is 0 Å². The monoisotopic (exact) mass is 297 g/mol. The van der Waals surface area contributed by atoms with Gasteiger partial charge in [0.2, 0.25) is 0 Å². The van der Waals surface area contributed by atoms with Gasteiger partial charge in [-0.1, -0.05) is 0 Å². The summed E-state index contributed by atoms with van der Waals surface area (Å²) >= 11 is 0. The van der Waals surface area contributed by atoms with Crippen LogP contribution in [0.15, 0.2) is 30.6 Å². The van der Waals surface area contributed by atoms with E-state index in [1.54, 1.807) is 6.33 Å². The molecule has 0 radical (unpaired) electrons. The zero-order valence-electron chi connectivity index (χ0n) is 12.6. The molecule has 0 unspecified atom stereocenters. The van der Waals surface area contributed by atoms with Gasteiger partial charge in [-0.3, -0.25) is 0 Å². The summed E-state index contributed by atoms with van der Waals surface area (Å²) in [5.41, 5.74) is 4.36. The van der Waals surface area contributed by atoms with Crippen molar-refractivity contribution in [3.63, 3.8) is 0 Å². The Hall–Kier alpha value is -1.81. The maximum absolute atomic E-state index is 13.1. The number of aromatic nitrogens is 2. The number of fused-ring (bicyclic) bond motifs is 1. The summed E-state index contributed by atoms with van der Waals surface area (Å²) in [4.78, 5) is 11.5. The first-order valence-corrected chi connectivity index (χ1v) is 8.10. The second-order valence-electron chi connectivity index (χ2n) is 6.40. The van der Waals surface area contributed by atoms with Crippen molar-refractivity contribution < 1.29 is 4.39 Å². The molecule has 4 heteroatoms. The quantitative estimate of drug-likeness (QED) is 0.872. The number of rotatable bonds is 3. The molecule has 0 amide bonds. The first-order valence-electron chi connectivity index (χ1n) is 8.10. The molecule has 3 nitrogen and oxygen atoms in total. The van der Waals surface area contributed by atoms with Crippen molar-refractivity contribution in [3.05, 3.63) is 47.7 Å². The van der Waals surface area contributed by atoms with E-state index >= 15 is 0 Å². The molecule has 2 aliphatic rings. The Morgan fingerprint density at radius 2 is 1.82 bits per heavy atom. The van der Waals surface area contributed by atoms with Gasteiger partial charge in [0.15, 0.2) is 0 Å². The average Bonchev–Trinajstić information content (AvgIpc) is 3.36. The SMILES string of the molecule is Fc1ccc(-c2ncnc3c2CCN(CC2CC2)CC3)cc1. The van der Waals surface area contributed by atoms with Crippen molar-refractivity contribution in [2.45, 2.75) is 25.7 Å². The Balaban J connectivity index is 1.62. The fraction of sp³-hybridized carbons (Fsp3) is 0.444. The van der Waals surface area contributed by atoms with Crippen LogP contribution in [0, 0.1) is 11.7 Å². The van der Waals surface area contributed by atoms with Gasteiger partial charge in [0, 0.05) is 42.9 Å². The summed E-state index contributed by atoms with van der Waals surface area (Å²) in [6.45, 7) is 3.39. The Morgan fingerprint density at radius 1 is 1.05 bits per heavy atom. The lowest BCUT2D eigenvalue weighted by molar-refractivity contribution is 0.275. The largest absolute Gasteiger partial charge is 0.302 e. The van der Waals surface area contributed by atoms with E-state index in [1.165, 1.54) is 37.1 Å². The van der Waals surface area contributed by atoms with E-state index in [0.29, 0.717) is 0 Å². The van der Waals surface area contributed by atoms with Crippen molar-refractivity contribution in [2.24, 2.45) is 5.92 Å². The third-order valence-corrected chi connectivity index (χ3v) is 4.71. The number of nitrogens with zero attached hydrogens (tertiary/aromatic N) is 3. The molecule has 1 aliphatic heterocycles. The normalized spacial score (nSPS) is 18.8. The smallest absolute Gasteiger partial charge is 0.123 e. The first-order chi connectivity index (χ1) is 10.8. The van der Waals surface area contributed by atoms with E-state index in [9.17, 15) is 4.39 Å². The van der Waals surface area contributed by atoms with Crippen LogP contribution in [-0.4, -0.2) is 34.5 Å². The first kappa shape index (κ1) is 13.8. The molecule has 22 heavy (non-hydrogen) atoms. The summed E-state index contributed by atoms with van der Waals surface area (Å²) in [6, 6.07) is 6.62. The van der Waals surface area contributed by atoms with Crippen LogP contribution in [0.25, 0.3) is 11.3 Å². The van der Waals surface area contributed by atoms with Crippen LogP contribution in [0.3, 0.4) is 0 Å². The molecule has 4 rings (SSSR count). The summed E-state index contributed by atoms with van der Waals surface area (Å²) in [7, 11) is 0. The van der Waals surface area contributed by atoms with Crippen molar-refractivity contribution in [3.8, 4) is 11.3 Å². The maximum Gasteiger partial charge on any atom is 0.123 e. The van der Waals surface area contributed by atoms with Crippen molar-refractivity contribution >= 4 is 0 Å². The predicted molar refractivity (Wildman–Crippen MR) is 84.0 cm³/mol. The van der Waals surface area contributed by atoms with E-state index in [0.717, 1.165) is 48.8 Å². The summed E-state index contributed by atoms with van der Waals surface area (Å²) in [6.07, 6.45) is 6.40. The van der Waals surface area contributed by atoms with E-state index in [2.05, 4.69) is 14.9 Å². The Labute approximate surface area is 130 Å². The Kier molecular flexibility index (Phi) is 3.62. The number of halogens is 1. The third kappa shape index (κ3) is 2.88. The Bertz CT molecular complexity index is 665. The highest BCUT2D eigenvalue weighted by molar-refractivity contribution is 5.63. The van der Waals surface area contributed by atoms with Gasteiger partial charge in [0.1, 0.15) is 12.1 Å². The van der Waals surface area contributed by atoms with Gasteiger partial charge in [0.25, 0.3) is 0 Å². The number of hydrogen-bond acceptors (Lipinski definition) is 3. The highest BCUT2D eigenvalue weighted by Crippen LogP contribution is 2.31. The molecule has 1 fully saturated rings. The molecule has 1 aromatic heterocycles. The minimum Gasteiger partial charge on any atom is -0.302 e. The standard InChI is InChI=1S/C18H20FN3/c19-15-5-3-14(4-6-15)18-16-7-9-22(11-13-1-2-13)10-8-17(16)20-12-21-18/h3-6,12-13H,1-2,7-11H2.